The van der Waals surface area contributed by atoms with Crippen LogP contribution in [0.5, 0.6) is 0 Å². The number of fused-ring (bicyclic) bond motifs is 1. The molecule has 0 unspecified atom stereocenters. The summed E-state index contributed by atoms with van der Waals surface area (Å²) < 4.78 is 1.45. The maximum Gasteiger partial charge on any atom is 0.237 e. The smallest absolute Gasteiger partial charge is 0.237 e. The van der Waals surface area contributed by atoms with Crippen molar-refractivity contribution in [1.82, 2.24) is 19.9 Å². The van der Waals surface area contributed by atoms with Crippen LogP contribution in [-0.4, -0.2) is 38.1 Å². The van der Waals surface area contributed by atoms with Crippen LogP contribution in [0.3, 0.4) is 0 Å². The van der Waals surface area contributed by atoms with Crippen LogP contribution in [0.15, 0.2) is 53.0 Å². The minimum absolute atomic E-state index is 0.0332. The Kier molecular flexibility index (Phi) is 5.44. The van der Waals surface area contributed by atoms with Crippen molar-refractivity contribution in [3.05, 3.63) is 64.0 Å². The van der Waals surface area contributed by atoms with E-state index in [1.54, 1.807) is 11.3 Å². The summed E-state index contributed by atoms with van der Waals surface area (Å²) >= 11 is 2.95. The number of carbonyl (C=O) groups excluding carboxylic acids is 1. The highest BCUT2D eigenvalue weighted by molar-refractivity contribution is 7.99. The molecule has 1 amide bonds. The van der Waals surface area contributed by atoms with Crippen LogP contribution in [0.4, 0.5) is 5.69 Å². The first-order chi connectivity index (χ1) is 15.5. The molecule has 7 nitrogen and oxygen atoms in total. The highest BCUT2D eigenvalue weighted by Crippen LogP contribution is 2.33. The summed E-state index contributed by atoms with van der Waals surface area (Å²) in [5, 5.41) is 12.0. The number of hydrogen-bond acceptors (Lipinski definition) is 7. The van der Waals surface area contributed by atoms with Gasteiger partial charge in [-0.3, -0.25) is 4.79 Å². The molecule has 0 fully saturated rings. The van der Waals surface area contributed by atoms with E-state index in [1.165, 1.54) is 22.0 Å². The van der Waals surface area contributed by atoms with E-state index in [1.807, 2.05) is 55.1 Å². The van der Waals surface area contributed by atoms with Gasteiger partial charge in [0.15, 0.2) is 5.82 Å². The molecule has 0 aliphatic carbocycles. The first kappa shape index (κ1) is 20.7. The standard InChI is InChI=1S/C23H22N6OS2/c1-14-3-5-16(6-4-14)22-26-27-23(29(22)24)32-13-21(30)28-10-9-18-11-17(7-8-20(18)28)19-12-31-15(2)25-19/h3-8,11-12H,9-10,13,24H2,1-2H3. The molecule has 9 heteroatoms. The Morgan fingerprint density at radius 3 is 2.66 bits per heavy atom. The molecule has 2 aromatic heterocycles. The number of nitrogen functional groups attached to an aromatic ring is 1. The second kappa shape index (κ2) is 8.40. The maximum atomic E-state index is 13.0. The third kappa shape index (κ3) is 3.89. The Bertz CT molecular complexity index is 1290. The third-order valence-electron chi connectivity index (χ3n) is 5.49. The second-order valence-corrected chi connectivity index (χ2v) is 9.73. The van der Waals surface area contributed by atoms with E-state index in [9.17, 15) is 4.79 Å². The van der Waals surface area contributed by atoms with Gasteiger partial charge in [0.25, 0.3) is 0 Å². The van der Waals surface area contributed by atoms with Gasteiger partial charge in [0.2, 0.25) is 11.1 Å². The number of thioether (sulfide) groups is 1. The zero-order valence-corrected chi connectivity index (χ0v) is 19.4. The van der Waals surface area contributed by atoms with E-state index in [4.69, 9.17) is 5.84 Å². The summed E-state index contributed by atoms with van der Waals surface area (Å²) in [7, 11) is 0. The van der Waals surface area contributed by atoms with Gasteiger partial charge in [0.1, 0.15) is 0 Å². The summed E-state index contributed by atoms with van der Waals surface area (Å²) in [6.45, 7) is 4.71. The Labute approximate surface area is 194 Å². The minimum Gasteiger partial charge on any atom is -0.335 e. The Morgan fingerprint density at radius 2 is 1.91 bits per heavy atom. The summed E-state index contributed by atoms with van der Waals surface area (Å²) in [6.07, 6.45) is 0.841. The van der Waals surface area contributed by atoms with Crippen molar-refractivity contribution < 1.29 is 4.79 Å². The van der Waals surface area contributed by atoms with Crippen molar-refractivity contribution in [2.75, 3.05) is 23.0 Å². The van der Waals surface area contributed by atoms with Crippen molar-refractivity contribution in [2.45, 2.75) is 25.4 Å². The van der Waals surface area contributed by atoms with Crippen LogP contribution >= 0.6 is 23.1 Å². The zero-order chi connectivity index (χ0) is 22.2. The molecular formula is C23H22N6OS2. The maximum absolute atomic E-state index is 13.0. The Hall–Kier alpha value is -3.17. The van der Waals surface area contributed by atoms with E-state index in [2.05, 4.69) is 26.6 Å². The van der Waals surface area contributed by atoms with E-state index < -0.39 is 0 Å². The highest BCUT2D eigenvalue weighted by Gasteiger charge is 2.26. The van der Waals surface area contributed by atoms with E-state index in [0.717, 1.165) is 39.5 Å². The molecule has 0 radical (unpaired) electrons. The number of benzene rings is 2. The number of carbonyl (C=O) groups is 1. The molecule has 2 N–H and O–H groups in total. The van der Waals surface area contributed by atoms with Gasteiger partial charge in [0, 0.05) is 28.7 Å². The fourth-order valence-corrected chi connectivity index (χ4v) is 5.15. The molecule has 32 heavy (non-hydrogen) atoms. The number of nitrogens with zero attached hydrogens (tertiary/aromatic N) is 5. The lowest BCUT2D eigenvalue weighted by Gasteiger charge is -2.17. The fourth-order valence-electron chi connectivity index (χ4n) is 3.80. The van der Waals surface area contributed by atoms with Crippen LogP contribution in [-0.2, 0) is 11.2 Å². The lowest BCUT2D eigenvalue weighted by Crippen LogP contribution is -2.30. The van der Waals surface area contributed by atoms with Gasteiger partial charge in [0.05, 0.1) is 16.5 Å². The summed E-state index contributed by atoms with van der Waals surface area (Å²) in [5.41, 5.74) is 6.29. The van der Waals surface area contributed by atoms with Crippen LogP contribution < -0.4 is 10.7 Å². The number of thiazole rings is 1. The normalized spacial score (nSPS) is 12.9. The molecule has 0 saturated carbocycles. The number of rotatable bonds is 5. The zero-order valence-electron chi connectivity index (χ0n) is 17.8. The van der Waals surface area contributed by atoms with Crippen LogP contribution in [0.1, 0.15) is 16.1 Å². The van der Waals surface area contributed by atoms with Crippen LogP contribution in [0, 0.1) is 13.8 Å². The van der Waals surface area contributed by atoms with Crippen molar-refractivity contribution in [3.63, 3.8) is 0 Å². The van der Waals surface area contributed by atoms with E-state index >= 15 is 0 Å². The number of hydrogen-bond donors (Lipinski definition) is 1. The molecule has 3 heterocycles. The van der Waals surface area contributed by atoms with Gasteiger partial charge in [-0.1, -0.05) is 47.7 Å². The number of anilines is 1. The van der Waals surface area contributed by atoms with Crippen LogP contribution in [0.2, 0.25) is 0 Å². The predicted octanol–water partition coefficient (Wildman–Crippen LogP) is 4.08. The number of nitrogens with two attached hydrogens (primary N) is 1. The van der Waals surface area contributed by atoms with Crippen molar-refractivity contribution in [3.8, 4) is 22.6 Å². The molecule has 1 aliphatic rings. The van der Waals surface area contributed by atoms with Crippen molar-refractivity contribution in [2.24, 2.45) is 0 Å². The Balaban J connectivity index is 1.28. The average Bonchev–Trinajstić information content (AvgIpc) is 3.51. The quantitative estimate of drug-likeness (QED) is 0.355. The number of aryl methyl sites for hydroxylation is 2. The van der Waals surface area contributed by atoms with Gasteiger partial charge in [-0.05, 0) is 38.0 Å². The molecule has 4 aromatic rings. The molecule has 2 aromatic carbocycles. The average molecular weight is 463 g/mol. The van der Waals surface area contributed by atoms with E-state index in [-0.39, 0.29) is 11.7 Å². The molecule has 162 valence electrons. The first-order valence-electron chi connectivity index (χ1n) is 10.3. The van der Waals surface area contributed by atoms with Gasteiger partial charge in [-0.2, -0.15) is 0 Å². The SMILES string of the molecule is Cc1ccc(-c2nnc(SCC(=O)N3CCc4cc(-c5csc(C)n5)ccc43)n2N)cc1. The van der Waals surface area contributed by atoms with Gasteiger partial charge < -0.3 is 10.7 Å². The molecule has 0 atom stereocenters. The predicted molar refractivity (Wildman–Crippen MR) is 129 cm³/mol. The van der Waals surface area contributed by atoms with Gasteiger partial charge >= 0.3 is 0 Å². The number of aromatic nitrogens is 4. The third-order valence-corrected chi connectivity index (χ3v) is 7.19. The molecule has 5 rings (SSSR count). The Morgan fingerprint density at radius 1 is 1.12 bits per heavy atom. The largest absolute Gasteiger partial charge is 0.335 e. The summed E-state index contributed by atoms with van der Waals surface area (Å²) in [4.78, 5) is 19.4. The lowest BCUT2D eigenvalue weighted by atomic mass is 10.1. The monoisotopic (exact) mass is 462 g/mol. The molecule has 1 aliphatic heterocycles. The molecule has 0 spiro atoms. The van der Waals surface area contributed by atoms with Gasteiger partial charge in [-0.15, -0.1) is 21.5 Å². The molecule has 0 saturated heterocycles. The van der Waals surface area contributed by atoms with Crippen molar-refractivity contribution >= 4 is 34.7 Å². The van der Waals surface area contributed by atoms with Crippen LogP contribution in [0.25, 0.3) is 22.6 Å². The summed E-state index contributed by atoms with van der Waals surface area (Å²) in [5.74, 6) is 7.06. The summed E-state index contributed by atoms with van der Waals surface area (Å²) in [6, 6.07) is 14.1. The fraction of sp³-hybridized carbons (Fsp3) is 0.217. The van der Waals surface area contributed by atoms with Crippen molar-refractivity contribution in [1.29, 1.82) is 0 Å². The minimum atomic E-state index is 0.0332. The number of amides is 1. The molecule has 0 bridgehead atoms. The van der Waals surface area contributed by atoms with E-state index in [0.29, 0.717) is 17.5 Å². The topological polar surface area (TPSA) is 89.9 Å². The molecular weight excluding hydrogens is 440 g/mol. The first-order valence-corrected chi connectivity index (χ1v) is 12.1. The second-order valence-electron chi connectivity index (χ2n) is 7.72. The highest BCUT2D eigenvalue weighted by atomic mass is 32.2. The lowest BCUT2D eigenvalue weighted by molar-refractivity contribution is -0.116. The van der Waals surface area contributed by atoms with Gasteiger partial charge in [-0.25, -0.2) is 9.66 Å².